The Hall–Kier alpha value is -5.86. The van der Waals surface area contributed by atoms with E-state index in [1.807, 2.05) is 0 Å². The first-order chi connectivity index (χ1) is 21.8. The van der Waals surface area contributed by atoms with Gasteiger partial charge >= 0.3 is 0 Å². The molecule has 1 heterocycles. The maximum absolute atomic E-state index is 2.39. The molecule has 0 aliphatic heterocycles. The van der Waals surface area contributed by atoms with Crippen LogP contribution in [0.2, 0.25) is 0 Å². The van der Waals surface area contributed by atoms with Crippen molar-refractivity contribution >= 4 is 38.9 Å². The van der Waals surface area contributed by atoms with Gasteiger partial charge in [0.15, 0.2) is 0 Å². The SMILES string of the molecule is c1ccc(-c2ccc(-c3cc4c(cc3N(c3ccccc3)c3ccccc3)c3ccccc3n4-c3ccccc3)cc2)cc1. The molecule has 0 atom stereocenters. The molecule has 0 N–H and O–H groups in total. The van der Waals surface area contributed by atoms with Crippen LogP contribution in [0.25, 0.3) is 49.7 Å². The van der Waals surface area contributed by atoms with Gasteiger partial charge < -0.3 is 9.47 Å². The lowest BCUT2D eigenvalue weighted by atomic mass is 9.96. The highest BCUT2D eigenvalue weighted by Gasteiger charge is 2.21. The van der Waals surface area contributed by atoms with Crippen molar-refractivity contribution in [3.8, 4) is 27.9 Å². The van der Waals surface area contributed by atoms with Crippen molar-refractivity contribution in [2.75, 3.05) is 4.90 Å². The minimum absolute atomic E-state index is 1.12. The van der Waals surface area contributed by atoms with Gasteiger partial charge in [0.25, 0.3) is 0 Å². The van der Waals surface area contributed by atoms with E-state index in [-0.39, 0.29) is 0 Å². The average Bonchev–Trinajstić information content (AvgIpc) is 3.43. The van der Waals surface area contributed by atoms with E-state index in [1.54, 1.807) is 0 Å². The molecule has 0 aliphatic carbocycles. The first kappa shape index (κ1) is 25.8. The second-order valence-corrected chi connectivity index (χ2v) is 11.0. The number of fused-ring (bicyclic) bond motifs is 3. The molecule has 0 spiro atoms. The summed E-state index contributed by atoms with van der Waals surface area (Å²) in [5.41, 5.74) is 11.7. The number of benzene rings is 7. The lowest BCUT2D eigenvalue weighted by Gasteiger charge is -2.28. The predicted molar refractivity (Wildman–Crippen MR) is 186 cm³/mol. The molecule has 8 aromatic rings. The number of aromatic nitrogens is 1. The highest BCUT2D eigenvalue weighted by molar-refractivity contribution is 6.13. The highest BCUT2D eigenvalue weighted by atomic mass is 15.1. The number of nitrogens with zero attached hydrogens (tertiary/aromatic N) is 2. The van der Waals surface area contributed by atoms with Gasteiger partial charge in [-0.1, -0.05) is 127 Å². The third kappa shape index (κ3) is 4.54. The smallest absolute Gasteiger partial charge is 0.0548 e. The number of anilines is 3. The van der Waals surface area contributed by atoms with Gasteiger partial charge in [-0.2, -0.15) is 0 Å². The van der Waals surface area contributed by atoms with Crippen molar-refractivity contribution in [1.29, 1.82) is 0 Å². The Labute approximate surface area is 257 Å². The molecule has 0 amide bonds. The van der Waals surface area contributed by atoms with Crippen molar-refractivity contribution in [3.05, 3.63) is 182 Å². The first-order valence-electron chi connectivity index (χ1n) is 15.0. The van der Waals surface area contributed by atoms with Gasteiger partial charge in [-0.05, 0) is 71.3 Å². The summed E-state index contributed by atoms with van der Waals surface area (Å²) in [7, 11) is 0. The minimum atomic E-state index is 1.12. The first-order valence-corrected chi connectivity index (χ1v) is 15.0. The molecule has 2 nitrogen and oxygen atoms in total. The molecule has 8 rings (SSSR count). The van der Waals surface area contributed by atoms with E-state index in [0.717, 1.165) is 22.7 Å². The van der Waals surface area contributed by atoms with E-state index in [4.69, 9.17) is 0 Å². The zero-order valence-corrected chi connectivity index (χ0v) is 24.2. The summed E-state index contributed by atoms with van der Waals surface area (Å²) < 4.78 is 2.39. The topological polar surface area (TPSA) is 8.17 Å². The number of hydrogen-bond acceptors (Lipinski definition) is 1. The third-order valence-corrected chi connectivity index (χ3v) is 8.38. The normalized spacial score (nSPS) is 11.2. The van der Waals surface area contributed by atoms with Crippen LogP contribution in [0.1, 0.15) is 0 Å². The van der Waals surface area contributed by atoms with Crippen LogP contribution < -0.4 is 4.90 Å². The Morgan fingerprint density at radius 2 is 0.864 bits per heavy atom. The number of hydrogen-bond donors (Lipinski definition) is 0. The summed E-state index contributed by atoms with van der Waals surface area (Å²) in [5.74, 6) is 0. The van der Waals surface area contributed by atoms with Crippen molar-refractivity contribution in [3.63, 3.8) is 0 Å². The Kier molecular flexibility index (Phi) is 6.51. The van der Waals surface area contributed by atoms with Crippen LogP contribution in [0.4, 0.5) is 17.1 Å². The fourth-order valence-corrected chi connectivity index (χ4v) is 6.33. The second-order valence-electron chi connectivity index (χ2n) is 11.0. The van der Waals surface area contributed by atoms with Crippen LogP contribution in [0.5, 0.6) is 0 Å². The molecule has 0 radical (unpaired) electrons. The van der Waals surface area contributed by atoms with E-state index in [1.165, 1.54) is 44.1 Å². The molecule has 0 aliphatic rings. The van der Waals surface area contributed by atoms with Crippen molar-refractivity contribution in [1.82, 2.24) is 4.57 Å². The third-order valence-electron chi connectivity index (χ3n) is 8.38. The standard InChI is InChI=1S/C42H30N2/c1-5-15-31(16-6-1)32-25-27-33(28-26-32)38-29-42-39(37-23-13-14-24-40(37)44(42)36-21-11-4-12-22-36)30-41(38)43(34-17-7-2-8-18-34)35-19-9-3-10-20-35/h1-30H. The molecule has 208 valence electrons. The summed E-state index contributed by atoms with van der Waals surface area (Å²) >= 11 is 0. The molecule has 0 saturated carbocycles. The Bertz CT molecular complexity index is 2140. The maximum atomic E-state index is 2.39. The molecular weight excluding hydrogens is 532 g/mol. The summed E-state index contributed by atoms with van der Waals surface area (Å²) in [6, 6.07) is 65.1. The minimum Gasteiger partial charge on any atom is -0.310 e. The predicted octanol–water partition coefficient (Wildman–Crippen LogP) is 11.6. The zero-order chi connectivity index (χ0) is 29.3. The van der Waals surface area contributed by atoms with Crippen molar-refractivity contribution < 1.29 is 0 Å². The Balaban J connectivity index is 1.44. The number of para-hydroxylation sites is 4. The van der Waals surface area contributed by atoms with Gasteiger partial charge in [-0.3, -0.25) is 0 Å². The van der Waals surface area contributed by atoms with E-state index in [2.05, 4.69) is 191 Å². The van der Waals surface area contributed by atoms with Crippen molar-refractivity contribution in [2.45, 2.75) is 0 Å². The van der Waals surface area contributed by atoms with Crippen LogP contribution in [-0.4, -0.2) is 4.57 Å². The van der Waals surface area contributed by atoms with Gasteiger partial charge in [-0.25, -0.2) is 0 Å². The molecular formula is C42H30N2. The molecule has 0 fully saturated rings. The zero-order valence-electron chi connectivity index (χ0n) is 24.2. The summed E-state index contributed by atoms with van der Waals surface area (Å²) in [5, 5.41) is 2.46. The lowest BCUT2D eigenvalue weighted by Crippen LogP contribution is -2.11. The molecule has 0 unspecified atom stereocenters. The van der Waals surface area contributed by atoms with Crippen LogP contribution in [0.3, 0.4) is 0 Å². The number of rotatable bonds is 6. The Morgan fingerprint density at radius 3 is 1.50 bits per heavy atom. The van der Waals surface area contributed by atoms with Gasteiger partial charge in [0.1, 0.15) is 0 Å². The van der Waals surface area contributed by atoms with Crippen LogP contribution in [0.15, 0.2) is 182 Å². The monoisotopic (exact) mass is 562 g/mol. The fourth-order valence-electron chi connectivity index (χ4n) is 6.33. The van der Waals surface area contributed by atoms with E-state index in [9.17, 15) is 0 Å². The van der Waals surface area contributed by atoms with Gasteiger partial charge in [0.2, 0.25) is 0 Å². The van der Waals surface area contributed by atoms with Gasteiger partial charge in [0, 0.05) is 33.4 Å². The summed E-state index contributed by atoms with van der Waals surface area (Å²) in [6.07, 6.45) is 0. The molecule has 2 heteroatoms. The summed E-state index contributed by atoms with van der Waals surface area (Å²) in [4.78, 5) is 2.38. The molecule has 0 saturated heterocycles. The van der Waals surface area contributed by atoms with E-state index in [0.29, 0.717) is 0 Å². The molecule has 0 bridgehead atoms. The van der Waals surface area contributed by atoms with Crippen LogP contribution >= 0.6 is 0 Å². The fraction of sp³-hybridized carbons (Fsp3) is 0. The highest BCUT2D eigenvalue weighted by Crippen LogP contribution is 2.45. The Morgan fingerprint density at radius 1 is 0.364 bits per heavy atom. The van der Waals surface area contributed by atoms with Crippen LogP contribution in [-0.2, 0) is 0 Å². The average molecular weight is 563 g/mol. The summed E-state index contributed by atoms with van der Waals surface area (Å²) in [6.45, 7) is 0. The van der Waals surface area contributed by atoms with Crippen LogP contribution in [0, 0.1) is 0 Å². The molecule has 1 aromatic heterocycles. The van der Waals surface area contributed by atoms with Gasteiger partial charge in [0.05, 0.1) is 16.7 Å². The second kappa shape index (κ2) is 11.1. The quantitative estimate of drug-likeness (QED) is 0.196. The molecule has 7 aromatic carbocycles. The largest absolute Gasteiger partial charge is 0.310 e. The van der Waals surface area contributed by atoms with E-state index < -0.39 is 0 Å². The maximum Gasteiger partial charge on any atom is 0.0548 e. The van der Waals surface area contributed by atoms with Crippen molar-refractivity contribution in [2.24, 2.45) is 0 Å². The lowest BCUT2D eigenvalue weighted by molar-refractivity contribution is 1.18. The van der Waals surface area contributed by atoms with Gasteiger partial charge in [-0.15, -0.1) is 0 Å². The van der Waals surface area contributed by atoms with E-state index >= 15 is 0 Å². The molecule has 44 heavy (non-hydrogen) atoms.